The number of amides is 2. The molecule has 0 radical (unpaired) electrons. The highest BCUT2D eigenvalue weighted by atomic mass is 16.2. The fraction of sp³-hybridized carbons (Fsp3) is 0.192. The first kappa shape index (κ1) is 23.6. The number of hydrogen-bond donors (Lipinski definition) is 1. The topological polar surface area (TPSA) is 102 Å². The van der Waals surface area contributed by atoms with Gasteiger partial charge in [0.1, 0.15) is 12.0 Å². The first-order valence-corrected chi connectivity index (χ1v) is 11.2. The maximum absolute atomic E-state index is 13.3. The van der Waals surface area contributed by atoms with Crippen LogP contribution in [-0.2, 0) is 16.6 Å². The van der Waals surface area contributed by atoms with Gasteiger partial charge in [0.25, 0.3) is 17.4 Å². The third kappa shape index (κ3) is 4.35. The van der Waals surface area contributed by atoms with Gasteiger partial charge in [-0.1, -0.05) is 37.4 Å². The van der Waals surface area contributed by atoms with Gasteiger partial charge in [0.15, 0.2) is 0 Å². The first-order chi connectivity index (χ1) is 16.7. The van der Waals surface area contributed by atoms with E-state index in [0.29, 0.717) is 24.0 Å². The molecule has 0 spiro atoms. The maximum Gasteiger partial charge on any atom is 0.272 e. The predicted molar refractivity (Wildman–Crippen MR) is 136 cm³/mol. The quantitative estimate of drug-likeness (QED) is 0.419. The number of carbonyl (C=O) groups is 2. The molecule has 2 aromatic carbocycles. The van der Waals surface area contributed by atoms with Gasteiger partial charge in [-0.25, -0.2) is 4.98 Å². The van der Waals surface area contributed by atoms with E-state index in [1.165, 1.54) is 11.2 Å². The number of rotatable bonds is 7. The minimum Gasteiger partial charge on any atom is -0.338 e. The smallest absolute Gasteiger partial charge is 0.272 e. The lowest BCUT2D eigenvalue weighted by Gasteiger charge is -2.20. The number of nitrogens with zero attached hydrogens (tertiary/aromatic N) is 5. The van der Waals surface area contributed by atoms with Gasteiger partial charge in [-0.3, -0.25) is 23.6 Å². The molecule has 35 heavy (non-hydrogen) atoms. The Kier molecular flexibility index (Phi) is 6.33. The largest absolute Gasteiger partial charge is 0.338 e. The second-order valence-corrected chi connectivity index (χ2v) is 8.05. The van der Waals surface area contributed by atoms with E-state index in [1.807, 2.05) is 51.4 Å². The molecule has 2 aromatic heterocycles. The van der Waals surface area contributed by atoms with Gasteiger partial charge in [0.2, 0.25) is 0 Å². The van der Waals surface area contributed by atoms with Crippen molar-refractivity contribution in [1.29, 1.82) is 0 Å². The molecule has 9 heteroatoms. The van der Waals surface area contributed by atoms with Crippen molar-refractivity contribution in [2.45, 2.75) is 13.8 Å². The highest BCUT2D eigenvalue weighted by Gasteiger charge is 2.20. The third-order valence-electron chi connectivity index (χ3n) is 5.85. The second kappa shape index (κ2) is 9.38. The minimum atomic E-state index is -0.712. The summed E-state index contributed by atoms with van der Waals surface area (Å²) in [7, 11) is 1.86. The van der Waals surface area contributed by atoms with Gasteiger partial charge in [-0.15, -0.1) is 0 Å². The molecule has 0 bridgehead atoms. The normalized spacial score (nSPS) is 10.9. The summed E-state index contributed by atoms with van der Waals surface area (Å²) in [5, 5.41) is 8.23. The standard InChI is InChI=1S/C26H26N6O3/c1-6-31(7-2)25(34)16(3)28-24(33)17(4)32-15-27-23-20(9-8-10-21(23)26(32)35)18-11-12-19-14-30(5)29-22(19)13-18/h8-15H,3-4,6-7H2,1-2,5H3,(H,28,33). The number of fused-ring (bicyclic) bond motifs is 2. The summed E-state index contributed by atoms with van der Waals surface area (Å²) in [6, 6.07) is 11.2. The van der Waals surface area contributed by atoms with E-state index in [2.05, 4.69) is 28.6 Å². The zero-order chi connectivity index (χ0) is 25.3. The number of carbonyl (C=O) groups excluding carboxylic acids is 2. The molecular weight excluding hydrogens is 444 g/mol. The number of para-hydroxylation sites is 1. The van der Waals surface area contributed by atoms with Crippen LogP contribution in [-0.4, -0.2) is 49.1 Å². The summed E-state index contributed by atoms with van der Waals surface area (Å²) in [6.45, 7) is 12.0. The molecule has 9 nitrogen and oxygen atoms in total. The lowest BCUT2D eigenvalue weighted by atomic mass is 10.0. The monoisotopic (exact) mass is 470 g/mol. The van der Waals surface area contributed by atoms with E-state index in [-0.39, 0.29) is 11.4 Å². The molecule has 4 rings (SSSR count). The van der Waals surface area contributed by atoms with E-state index in [1.54, 1.807) is 16.8 Å². The van der Waals surface area contributed by atoms with Gasteiger partial charge in [0, 0.05) is 37.3 Å². The lowest BCUT2D eigenvalue weighted by Crippen LogP contribution is -2.39. The van der Waals surface area contributed by atoms with Crippen molar-refractivity contribution >= 4 is 39.3 Å². The van der Waals surface area contributed by atoms with Crippen LogP contribution in [0, 0.1) is 0 Å². The van der Waals surface area contributed by atoms with E-state index in [9.17, 15) is 14.4 Å². The Morgan fingerprint density at radius 1 is 1.11 bits per heavy atom. The van der Waals surface area contributed by atoms with Crippen molar-refractivity contribution < 1.29 is 9.59 Å². The fourth-order valence-electron chi connectivity index (χ4n) is 3.96. The van der Waals surface area contributed by atoms with Crippen LogP contribution in [0.2, 0.25) is 0 Å². The molecule has 4 aromatic rings. The Hall–Kier alpha value is -4.53. The molecule has 178 valence electrons. The summed E-state index contributed by atoms with van der Waals surface area (Å²) in [4.78, 5) is 44.4. The van der Waals surface area contributed by atoms with E-state index < -0.39 is 17.4 Å². The molecule has 0 unspecified atom stereocenters. The van der Waals surface area contributed by atoms with Crippen LogP contribution in [0.25, 0.3) is 38.6 Å². The molecule has 0 fully saturated rings. The molecule has 0 saturated heterocycles. The average Bonchev–Trinajstić information content (AvgIpc) is 3.23. The van der Waals surface area contributed by atoms with E-state index in [4.69, 9.17) is 0 Å². The molecular formula is C26H26N6O3. The summed E-state index contributed by atoms with van der Waals surface area (Å²) >= 11 is 0. The highest BCUT2D eigenvalue weighted by molar-refractivity contribution is 6.15. The van der Waals surface area contributed by atoms with Crippen molar-refractivity contribution in [2.24, 2.45) is 7.05 Å². The van der Waals surface area contributed by atoms with Crippen LogP contribution in [0.3, 0.4) is 0 Å². The number of benzene rings is 2. The number of aromatic nitrogens is 4. The first-order valence-electron chi connectivity index (χ1n) is 11.2. The number of aryl methyl sites for hydroxylation is 1. The average molecular weight is 471 g/mol. The van der Waals surface area contributed by atoms with Gasteiger partial charge < -0.3 is 10.2 Å². The van der Waals surface area contributed by atoms with Crippen LogP contribution < -0.4 is 10.9 Å². The van der Waals surface area contributed by atoms with Crippen molar-refractivity contribution in [3.8, 4) is 11.1 Å². The molecule has 0 aliphatic heterocycles. The van der Waals surface area contributed by atoms with E-state index >= 15 is 0 Å². The summed E-state index contributed by atoms with van der Waals surface area (Å²) in [5.41, 5.74) is 2.27. The van der Waals surface area contributed by atoms with Crippen molar-refractivity contribution in [3.05, 3.63) is 78.1 Å². The van der Waals surface area contributed by atoms with Gasteiger partial charge in [0.05, 0.1) is 22.1 Å². The molecule has 2 amide bonds. The number of nitrogens with one attached hydrogen (secondary N) is 1. The molecule has 1 N–H and O–H groups in total. The molecule has 2 heterocycles. The van der Waals surface area contributed by atoms with Crippen LogP contribution in [0.1, 0.15) is 13.8 Å². The summed E-state index contributed by atoms with van der Waals surface area (Å²) in [5.74, 6) is -1.11. The molecule has 0 saturated carbocycles. The van der Waals surface area contributed by atoms with E-state index in [0.717, 1.165) is 26.6 Å². The fourth-order valence-corrected chi connectivity index (χ4v) is 3.96. The zero-order valence-corrected chi connectivity index (χ0v) is 19.9. The van der Waals surface area contributed by atoms with Crippen LogP contribution in [0.15, 0.2) is 72.6 Å². The van der Waals surface area contributed by atoms with Crippen molar-refractivity contribution in [1.82, 2.24) is 29.5 Å². The Balaban J connectivity index is 1.66. The maximum atomic E-state index is 13.3. The van der Waals surface area contributed by atoms with Crippen molar-refractivity contribution in [3.63, 3.8) is 0 Å². The van der Waals surface area contributed by atoms with Gasteiger partial charge in [-0.05, 0) is 31.5 Å². The summed E-state index contributed by atoms with van der Waals surface area (Å²) in [6.07, 6.45) is 3.20. The summed E-state index contributed by atoms with van der Waals surface area (Å²) < 4.78 is 2.81. The Morgan fingerprint density at radius 2 is 1.86 bits per heavy atom. The van der Waals surface area contributed by atoms with Gasteiger partial charge >= 0.3 is 0 Å². The lowest BCUT2D eigenvalue weighted by molar-refractivity contribution is -0.128. The van der Waals surface area contributed by atoms with Crippen LogP contribution >= 0.6 is 0 Å². The number of likely N-dealkylation sites (N-methyl/N-ethyl adjacent to an activating group) is 1. The van der Waals surface area contributed by atoms with Crippen LogP contribution in [0.5, 0.6) is 0 Å². The SMILES string of the molecule is C=C(NC(=O)C(=C)n1cnc2c(-c3ccc4cn(C)nc4c3)cccc2c1=O)C(=O)N(CC)CC. The van der Waals surface area contributed by atoms with Crippen LogP contribution in [0.4, 0.5) is 0 Å². The van der Waals surface area contributed by atoms with Gasteiger partial charge in [-0.2, -0.15) is 5.10 Å². The second-order valence-electron chi connectivity index (χ2n) is 8.05. The molecule has 0 atom stereocenters. The third-order valence-corrected chi connectivity index (χ3v) is 5.85. The minimum absolute atomic E-state index is 0.0890. The Labute approximate surface area is 202 Å². The molecule has 0 aliphatic rings. The van der Waals surface area contributed by atoms with Crippen molar-refractivity contribution in [2.75, 3.05) is 13.1 Å². The molecule has 0 aliphatic carbocycles. The Morgan fingerprint density at radius 3 is 2.57 bits per heavy atom. The highest BCUT2D eigenvalue weighted by Crippen LogP contribution is 2.28. The number of hydrogen-bond acceptors (Lipinski definition) is 5. The zero-order valence-electron chi connectivity index (χ0n) is 19.9. The Bertz CT molecular complexity index is 1560. The predicted octanol–water partition coefficient (Wildman–Crippen LogP) is 2.92.